The van der Waals surface area contributed by atoms with E-state index < -0.39 is 0 Å². The molecule has 1 amide bonds. The van der Waals surface area contributed by atoms with Crippen LogP contribution in [0.2, 0.25) is 0 Å². The van der Waals surface area contributed by atoms with Gasteiger partial charge < -0.3 is 19.4 Å². The third-order valence-electron chi connectivity index (χ3n) is 5.05. The summed E-state index contributed by atoms with van der Waals surface area (Å²) in [4.78, 5) is 14.9. The maximum atomic E-state index is 12.6. The first-order chi connectivity index (χ1) is 13.7. The highest BCUT2D eigenvalue weighted by molar-refractivity contribution is 5.95. The van der Waals surface area contributed by atoms with Crippen molar-refractivity contribution in [3.63, 3.8) is 0 Å². The number of amides is 1. The van der Waals surface area contributed by atoms with Crippen LogP contribution in [-0.4, -0.2) is 25.1 Å². The molecule has 1 aliphatic rings. The summed E-state index contributed by atoms with van der Waals surface area (Å²) in [6.45, 7) is 3.62. The van der Waals surface area contributed by atoms with Crippen LogP contribution in [0.25, 0.3) is 0 Å². The number of benzene rings is 2. The summed E-state index contributed by atoms with van der Waals surface area (Å²) in [5.41, 5.74) is 3.14. The van der Waals surface area contributed by atoms with E-state index in [0.717, 1.165) is 12.2 Å². The van der Waals surface area contributed by atoms with Crippen LogP contribution in [-0.2, 0) is 13.0 Å². The smallest absolute Gasteiger partial charge is 0.255 e. The summed E-state index contributed by atoms with van der Waals surface area (Å²) < 4.78 is 11.3. The van der Waals surface area contributed by atoms with Gasteiger partial charge in [-0.1, -0.05) is 36.4 Å². The third-order valence-corrected chi connectivity index (χ3v) is 5.05. The van der Waals surface area contributed by atoms with Crippen molar-refractivity contribution >= 4 is 11.6 Å². The van der Waals surface area contributed by atoms with Crippen LogP contribution in [0, 0.1) is 0 Å². The lowest BCUT2D eigenvalue weighted by atomic mass is 10.1. The van der Waals surface area contributed by atoms with Crippen molar-refractivity contribution < 1.29 is 13.9 Å². The van der Waals surface area contributed by atoms with E-state index in [9.17, 15) is 4.79 Å². The average Bonchev–Trinajstić information content (AvgIpc) is 3.31. The second kappa shape index (κ2) is 8.21. The Hall–Kier alpha value is -3.21. The van der Waals surface area contributed by atoms with E-state index in [-0.39, 0.29) is 5.91 Å². The summed E-state index contributed by atoms with van der Waals surface area (Å²) in [7, 11) is 0. The Labute approximate surface area is 164 Å². The predicted molar refractivity (Wildman–Crippen MR) is 109 cm³/mol. The summed E-state index contributed by atoms with van der Waals surface area (Å²) in [5.74, 6) is 1.34. The summed E-state index contributed by atoms with van der Waals surface area (Å²) in [6.07, 6.45) is 2.59. The van der Waals surface area contributed by atoms with Crippen molar-refractivity contribution in [2.75, 3.05) is 18.1 Å². The van der Waals surface area contributed by atoms with Crippen LogP contribution in [0.1, 0.15) is 28.6 Å². The van der Waals surface area contributed by atoms with Gasteiger partial charge in [0.15, 0.2) is 0 Å². The molecular formula is C23H24N2O3. The SMILES string of the molecule is CC1Cc2ccccc2N1Cc1occc1C(=O)NCCOc1ccccc1. The highest BCUT2D eigenvalue weighted by Crippen LogP contribution is 2.33. The first-order valence-corrected chi connectivity index (χ1v) is 9.59. The van der Waals surface area contributed by atoms with Crippen LogP contribution in [0.3, 0.4) is 0 Å². The lowest BCUT2D eigenvalue weighted by Gasteiger charge is -2.24. The third kappa shape index (κ3) is 3.88. The maximum absolute atomic E-state index is 12.6. The molecule has 5 heteroatoms. The predicted octanol–water partition coefficient (Wildman–Crippen LogP) is 4.04. The zero-order chi connectivity index (χ0) is 19.3. The molecule has 5 nitrogen and oxygen atoms in total. The van der Waals surface area contributed by atoms with Gasteiger partial charge in [0.1, 0.15) is 18.1 Å². The van der Waals surface area contributed by atoms with E-state index in [0.29, 0.717) is 37.1 Å². The Morgan fingerprint density at radius 2 is 1.93 bits per heavy atom. The molecule has 28 heavy (non-hydrogen) atoms. The van der Waals surface area contributed by atoms with Crippen molar-refractivity contribution in [2.45, 2.75) is 25.9 Å². The summed E-state index contributed by atoms with van der Waals surface area (Å²) in [6, 6.07) is 20.1. The first-order valence-electron chi connectivity index (χ1n) is 9.59. The van der Waals surface area contributed by atoms with E-state index in [4.69, 9.17) is 9.15 Å². The molecule has 1 atom stereocenters. The van der Waals surface area contributed by atoms with Crippen molar-refractivity contribution in [3.05, 3.63) is 83.8 Å². The number of carbonyl (C=O) groups is 1. The Kier molecular flexibility index (Phi) is 5.33. The first kappa shape index (κ1) is 18.2. The Balaban J connectivity index is 1.35. The fraction of sp³-hybridized carbons (Fsp3) is 0.261. The minimum absolute atomic E-state index is 0.138. The highest BCUT2D eigenvalue weighted by atomic mass is 16.5. The van der Waals surface area contributed by atoms with E-state index >= 15 is 0 Å². The molecule has 1 unspecified atom stereocenters. The number of hydrogen-bond acceptors (Lipinski definition) is 4. The largest absolute Gasteiger partial charge is 0.492 e. The van der Waals surface area contributed by atoms with Gasteiger partial charge in [0, 0.05) is 11.7 Å². The number of nitrogens with zero attached hydrogens (tertiary/aromatic N) is 1. The van der Waals surface area contributed by atoms with Gasteiger partial charge in [-0.25, -0.2) is 0 Å². The van der Waals surface area contributed by atoms with Crippen LogP contribution in [0.5, 0.6) is 5.75 Å². The number of ether oxygens (including phenoxy) is 1. The normalized spacial score (nSPS) is 15.3. The van der Waals surface area contributed by atoms with Crippen molar-refractivity contribution in [2.24, 2.45) is 0 Å². The Morgan fingerprint density at radius 1 is 1.14 bits per heavy atom. The van der Waals surface area contributed by atoms with Crippen LogP contribution in [0.4, 0.5) is 5.69 Å². The molecule has 0 radical (unpaired) electrons. The number of nitrogens with one attached hydrogen (secondary N) is 1. The number of rotatable bonds is 7. The quantitative estimate of drug-likeness (QED) is 0.633. The number of furan rings is 1. The van der Waals surface area contributed by atoms with Crippen LogP contribution in [0.15, 0.2) is 71.3 Å². The van der Waals surface area contributed by atoms with Crippen molar-refractivity contribution in [3.8, 4) is 5.75 Å². The number of para-hydroxylation sites is 2. The van der Waals surface area contributed by atoms with Crippen LogP contribution >= 0.6 is 0 Å². The molecule has 3 aromatic rings. The molecule has 1 aromatic heterocycles. The number of hydrogen-bond donors (Lipinski definition) is 1. The highest BCUT2D eigenvalue weighted by Gasteiger charge is 2.27. The van der Waals surface area contributed by atoms with Gasteiger partial charge in [0.25, 0.3) is 5.91 Å². The molecule has 0 saturated heterocycles. The second-order valence-corrected chi connectivity index (χ2v) is 6.98. The minimum Gasteiger partial charge on any atom is -0.492 e. The van der Waals surface area contributed by atoms with Crippen molar-refractivity contribution in [1.82, 2.24) is 5.32 Å². The lowest BCUT2D eigenvalue weighted by molar-refractivity contribution is 0.0945. The van der Waals surface area contributed by atoms with Crippen molar-refractivity contribution in [1.29, 1.82) is 0 Å². The van der Waals surface area contributed by atoms with Gasteiger partial charge in [-0.15, -0.1) is 0 Å². The number of anilines is 1. The van der Waals surface area contributed by atoms with Gasteiger partial charge in [0.2, 0.25) is 0 Å². The molecule has 0 bridgehead atoms. The summed E-state index contributed by atoms with van der Waals surface area (Å²) in [5, 5.41) is 2.91. The summed E-state index contributed by atoms with van der Waals surface area (Å²) >= 11 is 0. The van der Waals surface area contributed by atoms with E-state index in [1.807, 2.05) is 36.4 Å². The molecule has 0 aliphatic carbocycles. The maximum Gasteiger partial charge on any atom is 0.255 e. The van der Waals surface area contributed by atoms with Gasteiger partial charge in [-0.3, -0.25) is 4.79 Å². The molecule has 0 fully saturated rings. The van der Waals surface area contributed by atoms with E-state index in [2.05, 4.69) is 35.3 Å². The second-order valence-electron chi connectivity index (χ2n) is 6.98. The Bertz CT molecular complexity index is 936. The number of carbonyl (C=O) groups excluding carboxylic acids is 1. The molecule has 1 N–H and O–H groups in total. The molecule has 0 saturated carbocycles. The van der Waals surface area contributed by atoms with Gasteiger partial charge in [0.05, 0.1) is 24.9 Å². The zero-order valence-corrected chi connectivity index (χ0v) is 15.9. The average molecular weight is 376 g/mol. The molecular weight excluding hydrogens is 352 g/mol. The topological polar surface area (TPSA) is 54.7 Å². The van der Waals surface area contributed by atoms with Gasteiger partial charge in [-0.05, 0) is 43.2 Å². The molecule has 0 spiro atoms. The molecule has 2 heterocycles. The number of fused-ring (bicyclic) bond motifs is 1. The van der Waals surface area contributed by atoms with E-state index in [1.54, 1.807) is 12.3 Å². The van der Waals surface area contributed by atoms with E-state index in [1.165, 1.54) is 11.3 Å². The van der Waals surface area contributed by atoms with Gasteiger partial charge in [-0.2, -0.15) is 0 Å². The monoisotopic (exact) mass is 376 g/mol. The zero-order valence-electron chi connectivity index (χ0n) is 15.9. The molecule has 144 valence electrons. The van der Waals surface area contributed by atoms with Gasteiger partial charge >= 0.3 is 0 Å². The lowest BCUT2D eigenvalue weighted by Crippen LogP contribution is -2.31. The molecule has 1 aliphatic heterocycles. The fourth-order valence-electron chi connectivity index (χ4n) is 3.64. The van der Waals surface area contributed by atoms with Crippen LogP contribution < -0.4 is 15.0 Å². The standard InChI is InChI=1S/C23H24N2O3/c1-17-15-18-7-5-6-10-21(18)25(17)16-22-20(11-13-28-22)23(26)24-12-14-27-19-8-3-2-4-9-19/h2-11,13,17H,12,14-16H2,1H3,(H,24,26). The molecule has 2 aromatic carbocycles. The Morgan fingerprint density at radius 3 is 2.79 bits per heavy atom. The minimum atomic E-state index is -0.138. The fourth-order valence-corrected chi connectivity index (χ4v) is 3.64. The molecule has 4 rings (SSSR count).